The van der Waals surface area contributed by atoms with E-state index in [1.807, 2.05) is 30.6 Å². The van der Waals surface area contributed by atoms with E-state index >= 15 is 0 Å². The van der Waals surface area contributed by atoms with E-state index in [-0.39, 0.29) is 23.7 Å². The van der Waals surface area contributed by atoms with Gasteiger partial charge in [-0.15, -0.1) is 0 Å². The van der Waals surface area contributed by atoms with Gasteiger partial charge in [-0.2, -0.15) is 0 Å². The maximum Gasteiger partial charge on any atom is 0.259 e. The summed E-state index contributed by atoms with van der Waals surface area (Å²) in [6.07, 6.45) is 9.86. The fourth-order valence-electron chi connectivity index (χ4n) is 5.63. The summed E-state index contributed by atoms with van der Waals surface area (Å²) in [5.74, 6) is -0.952. The van der Waals surface area contributed by atoms with Gasteiger partial charge < -0.3 is 4.98 Å². The number of piperidine rings is 1. The molecule has 2 aliphatic heterocycles. The number of amides is 3. The number of H-pyrrole nitrogens is 1. The van der Waals surface area contributed by atoms with Crippen molar-refractivity contribution in [3.63, 3.8) is 0 Å². The summed E-state index contributed by atoms with van der Waals surface area (Å²) >= 11 is 0. The zero-order chi connectivity index (χ0) is 22.3. The molecule has 8 heteroatoms. The number of aromatic amines is 1. The zero-order valence-corrected chi connectivity index (χ0v) is 17.6. The first-order valence-electron chi connectivity index (χ1n) is 11.1. The number of pyridine rings is 2. The fourth-order valence-corrected chi connectivity index (χ4v) is 5.63. The Hall–Kier alpha value is -4.07. The first-order chi connectivity index (χ1) is 16.1. The number of anilines is 1. The van der Waals surface area contributed by atoms with Crippen molar-refractivity contribution in [1.29, 1.82) is 0 Å². The number of nitrogens with zero attached hydrogens (tertiary/aromatic N) is 3. The number of benzene rings is 1. The molecule has 3 amide bonds. The monoisotopic (exact) mass is 437 g/mol. The third kappa shape index (κ3) is 2.37. The number of carbonyl (C=O) groups excluding carboxylic acids is 3. The van der Waals surface area contributed by atoms with E-state index in [4.69, 9.17) is 4.98 Å². The molecule has 0 bridgehead atoms. The van der Waals surface area contributed by atoms with Gasteiger partial charge in [0.05, 0.1) is 29.3 Å². The summed E-state index contributed by atoms with van der Waals surface area (Å²) in [6, 6.07) is 7.02. The lowest BCUT2D eigenvalue weighted by atomic mass is 9.88. The summed E-state index contributed by atoms with van der Waals surface area (Å²) in [4.78, 5) is 51.6. The molecule has 1 unspecified atom stereocenters. The van der Waals surface area contributed by atoms with E-state index in [1.165, 1.54) is 10.5 Å². The number of rotatable bonds is 3. The van der Waals surface area contributed by atoms with Crippen LogP contribution in [0, 0.1) is 0 Å². The van der Waals surface area contributed by atoms with Crippen LogP contribution in [0.4, 0.5) is 5.69 Å². The molecule has 1 aliphatic carbocycles. The summed E-state index contributed by atoms with van der Waals surface area (Å²) < 4.78 is 0. The average Bonchev–Trinajstić information content (AvgIpc) is 3.42. The Kier molecular flexibility index (Phi) is 3.50. The molecular weight excluding hydrogens is 418 g/mol. The minimum Gasteiger partial charge on any atom is -0.360 e. The van der Waals surface area contributed by atoms with E-state index in [0.29, 0.717) is 17.7 Å². The molecule has 3 aliphatic rings. The largest absolute Gasteiger partial charge is 0.360 e. The van der Waals surface area contributed by atoms with Crippen molar-refractivity contribution in [2.24, 2.45) is 0 Å². The van der Waals surface area contributed by atoms with Gasteiger partial charge in [0.25, 0.3) is 5.91 Å². The van der Waals surface area contributed by atoms with Crippen LogP contribution in [-0.4, -0.2) is 38.7 Å². The Labute approximate surface area is 188 Å². The van der Waals surface area contributed by atoms with Crippen LogP contribution in [0.1, 0.15) is 47.3 Å². The van der Waals surface area contributed by atoms with Crippen LogP contribution in [-0.2, 0) is 15.0 Å². The Morgan fingerprint density at radius 2 is 1.94 bits per heavy atom. The highest BCUT2D eigenvalue weighted by molar-refractivity contribution is 6.27. The summed E-state index contributed by atoms with van der Waals surface area (Å²) in [5, 5.41) is 5.28. The highest BCUT2D eigenvalue weighted by atomic mass is 16.2. The van der Waals surface area contributed by atoms with Gasteiger partial charge in [0.2, 0.25) is 11.8 Å². The van der Waals surface area contributed by atoms with Crippen LogP contribution < -0.4 is 10.2 Å². The van der Waals surface area contributed by atoms with Crippen LogP contribution >= 0.6 is 0 Å². The average molecular weight is 437 g/mol. The standard InChI is InChI=1S/C25H19N5O3/c31-20-5-4-18(23(32)29-20)30-19-12-28-22(14-2-1-3-15(21(14)19)24(30)33)25(7-8-25)16-10-27-17-11-26-9-6-13(16)17/h1-3,6,9-12,18,27H,4-5,7-8H2,(H,29,31,32). The summed E-state index contributed by atoms with van der Waals surface area (Å²) in [5.41, 5.74) is 4.14. The van der Waals surface area contributed by atoms with Crippen LogP contribution in [0.25, 0.3) is 21.7 Å². The molecule has 1 atom stereocenters. The number of carbonyl (C=O) groups is 3. The topological polar surface area (TPSA) is 108 Å². The van der Waals surface area contributed by atoms with Crippen LogP contribution in [0.3, 0.4) is 0 Å². The SMILES string of the molecule is O=C1CCC(N2C(=O)c3cccc4c(C5(c6c[nH]c7cnccc67)CC5)ncc2c34)C(=O)N1. The molecule has 33 heavy (non-hydrogen) atoms. The Balaban J connectivity index is 1.41. The van der Waals surface area contributed by atoms with Crippen molar-refractivity contribution in [1.82, 2.24) is 20.3 Å². The second-order valence-electron chi connectivity index (χ2n) is 9.07. The number of nitrogens with one attached hydrogen (secondary N) is 2. The van der Waals surface area contributed by atoms with Crippen LogP contribution in [0.5, 0.6) is 0 Å². The third-order valence-corrected chi connectivity index (χ3v) is 7.32. The molecule has 0 radical (unpaired) electrons. The second kappa shape index (κ2) is 6.25. The van der Waals surface area contributed by atoms with Gasteiger partial charge in [0.1, 0.15) is 6.04 Å². The van der Waals surface area contributed by atoms with Crippen molar-refractivity contribution < 1.29 is 14.4 Å². The van der Waals surface area contributed by atoms with Gasteiger partial charge in [0.15, 0.2) is 0 Å². The van der Waals surface area contributed by atoms with Gasteiger partial charge >= 0.3 is 0 Å². The molecular formula is C25H19N5O3. The van der Waals surface area contributed by atoms with Gasteiger partial charge in [-0.25, -0.2) is 0 Å². The first-order valence-corrected chi connectivity index (χ1v) is 11.1. The number of fused-ring (bicyclic) bond motifs is 1. The van der Waals surface area contributed by atoms with Crippen molar-refractivity contribution in [2.45, 2.75) is 37.1 Å². The molecule has 7 rings (SSSR count). The van der Waals surface area contributed by atoms with Gasteiger partial charge in [0, 0.05) is 46.0 Å². The normalized spacial score (nSPS) is 21.2. The maximum atomic E-state index is 13.4. The third-order valence-electron chi connectivity index (χ3n) is 7.32. The van der Waals surface area contributed by atoms with Crippen molar-refractivity contribution in [3.8, 4) is 0 Å². The quantitative estimate of drug-likeness (QED) is 0.479. The number of aromatic nitrogens is 3. The Bertz CT molecular complexity index is 1530. The molecule has 1 aromatic carbocycles. The molecule has 8 nitrogen and oxygen atoms in total. The molecule has 4 aromatic rings. The molecule has 162 valence electrons. The van der Waals surface area contributed by atoms with Crippen molar-refractivity contribution in [3.05, 3.63) is 65.9 Å². The number of hydrogen-bond acceptors (Lipinski definition) is 5. The molecule has 3 aromatic heterocycles. The predicted octanol–water partition coefficient (Wildman–Crippen LogP) is 2.96. The molecule has 1 saturated carbocycles. The van der Waals surface area contributed by atoms with E-state index in [1.54, 1.807) is 18.5 Å². The lowest BCUT2D eigenvalue weighted by Crippen LogP contribution is -2.53. The molecule has 0 spiro atoms. The lowest BCUT2D eigenvalue weighted by Gasteiger charge is -2.30. The minimum atomic E-state index is -0.713. The van der Waals surface area contributed by atoms with Crippen molar-refractivity contribution >= 4 is 45.1 Å². The lowest BCUT2D eigenvalue weighted by molar-refractivity contribution is -0.134. The molecule has 5 heterocycles. The summed E-state index contributed by atoms with van der Waals surface area (Å²) in [7, 11) is 0. The maximum absolute atomic E-state index is 13.4. The summed E-state index contributed by atoms with van der Waals surface area (Å²) in [6.45, 7) is 0. The van der Waals surface area contributed by atoms with Gasteiger partial charge in [-0.1, -0.05) is 12.1 Å². The molecule has 2 N–H and O–H groups in total. The van der Waals surface area contributed by atoms with E-state index in [0.717, 1.165) is 40.2 Å². The highest BCUT2D eigenvalue weighted by Crippen LogP contribution is 2.57. The Morgan fingerprint density at radius 1 is 1.06 bits per heavy atom. The van der Waals surface area contributed by atoms with E-state index in [9.17, 15) is 14.4 Å². The Morgan fingerprint density at radius 3 is 2.76 bits per heavy atom. The van der Waals surface area contributed by atoms with E-state index in [2.05, 4.69) is 15.3 Å². The predicted molar refractivity (Wildman–Crippen MR) is 121 cm³/mol. The van der Waals surface area contributed by atoms with Gasteiger partial charge in [-0.3, -0.25) is 34.6 Å². The minimum absolute atomic E-state index is 0.212. The van der Waals surface area contributed by atoms with Crippen LogP contribution in [0.2, 0.25) is 0 Å². The molecule has 1 saturated heterocycles. The number of hydrogen-bond donors (Lipinski definition) is 2. The fraction of sp³-hybridized carbons (Fsp3) is 0.240. The zero-order valence-electron chi connectivity index (χ0n) is 17.6. The van der Waals surface area contributed by atoms with Crippen molar-refractivity contribution in [2.75, 3.05) is 4.90 Å². The highest BCUT2D eigenvalue weighted by Gasteiger charge is 2.51. The first kappa shape index (κ1) is 18.5. The molecule has 2 fully saturated rings. The number of imide groups is 1. The van der Waals surface area contributed by atoms with Gasteiger partial charge in [-0.05, 0) is 37.0 Å². The second-order valence-corrected chi connectivity index (χ2v) is 9.07. The smallest absolute Gasteiger partial charge is 0.259 e. The van der Waals surface area contributed by atoms with Crippen LogP contribution in [0.15, 0.2) is 49.1 Å². The van der Waals surface area contributed by atoms with E-state index < -0.39 is 11.9 Å².